The SMILES string of the molecule is CC(C=O)CN1CCC(=O)NCC1C. The predicted octanol–water partition coefficient (Wildman–Crippen LogP) is 0.0318. The van der Waals surface area contributed by atoms with Crippen LogP contribution in [0.25, 0.3) is 0 Å². The van der Waals surface area contributed by atoms with Gasteiger partial charge in [-0.05, 0) is 6.92 Å². The van der Waals surface area contributed by atoms with Crippen molar-refractivity contribution in [1.29, 1.82) is 0 Å². The van der Waals surface area contributed by atoms with Crippen LogP contribution in [-0.4, -0.2) is 42.8 Å². The van der Waals surface area contributed by atoms with Crippen LogP contribution in [0.1, 0.15) is 20.3 Å². The molecule has 0 bridgehead atoms. The van der Waals surface area contributed by atoms with Gasteiger partial charge in [0, 0.05) is 38.0 Å². The number of amides is 1. The first-order valence-electron chi connectivity index (χ1n) is 5.09. The number of aldehydes is 1. The Bertz CT molecular complexity index is 218. The molecule has 0 aliphatic carbocycles. The van der Waals surface area contributed by atoms with E-state index in [4.69, 9.17) is 0 Å². The molecule has 80 valence electrons. The molecule has 14 heavy (non-hydrogen) atoms. The normalized spacial score (nSPS) is 26.4. The van der Waals surface area contributed by atoms with Gasteiger partial charge in [-0.1, -0.05) is 6.92 Å². The highest BCUT2D eigenvalue weighted by atomic mass is 16.1. The minimum Gasteiger partial charge on any atom is -0.355 e. The van der Waals surface area contributed by atoms with Crippen molar-refractivity contribution in [1.82, 2.24) is 10.2 Å². The van der Waals surface area contributed by atoms with Gasteiger partial charge in [0.25, 0.3) is 0 Å². The van der Waals surface area contributed by atoms with Gasteiger partial charge in [0.2, 0.25) is 5.91 Å². The van der Waals surface area contributed by atoms with Crippen molar-refractivity contribution >= 4 is 12.2 Å². The van der Waals surface area contributed by atoms with Gasteiger partial charge in [0.05, 0.1) is 0 Å². The summed E-state index contributed by atoms with van der Waals surface area (Å²) in [4.78, 5) is 23.8. The van der Waals surface area contributed by atoms with Gasteiger partial charge in [0.15, 0.2) is 0 Å². The lowest BCUT2D eigenvalue weighted by Crippen LogP contribution is -2.40. The highest BCUT2D eigenvalue weighted by molar-refractivity contribution is 5.76. The van der Waals surface area contributed by atoms with E-state index in [1.165, 1.54) is 0 Å². The van der Waals surface area contributed by atoms with Gasteiger partial charge >= 0.3 is 0 Å². The van der Waals surface area contributed by atoms with Gasteiger partial charge in [-0.15, -0.1) is 0 Å². The highest BCUT2D eigenvalue weighted by Crippen LogP contribution is 2.07. The Morgan fingerprint density at radius 1 is 1.71 bits per heavy atom. The van der Waals surface area contributed by atoms with E-state index >= 15 is 0 Å². The van der Waals surface area contributed by atoms with Crippen molar-refractivity contribution in [2.75, 3.05) is 19.6 Å². The zero-order valence-corrected chi connectivity index (χ0v) is 8.82. The van der Waals surface area contributed by atoms with Crippen LogP contribution in [-0.2, 0) is 9.59 Å². The van der Waals surface area contributed by atoms with Crippen molar-refractivity contribution in [2.45, 2.75) is 26.3 Å². The lowest BCUT2D eigenvalue weighted by Gasteiger charge is -2.27. The maximum absolute atomic E-state index is 11.1. The summed E-state index contributed by atoms with van der Waals surface area (Å²) in [5.74, 6) is 0.156. The fraction of sp³-hybridized carbons (Fsp3) is 0.800. The van der Waals surface area contributed by atoms with Crippen LogP contribution in [0.2, 0.25) is 0 Å². The van der Waals surface area contributed by atoms with Gasteiger partial charge in [0.1, 0.15) is 6.29 Å². The van der Waals surface area contributed by atoms with E-state index in [0.29, 0.717) is 19.0 Å². The van der Waals surface area contributed by atoms with Crippen molar-refractivity contribution < 1.29 is 9.59 Å². The molecule has 1 rings (SSSR count). The minimum absolute atomic E-state index is 0.0469. The number of carbonyl (C=O) groups is 2. The first kappa shape index (κ1) is 11.2. The van der Waals surface area contributed by atoms with Crippen LogP contribution < -0.4 is 5.32 Å². The van der Waals surface area contributed by atoms with Gasteiger partial charge in [-0.3, -0.25) is 9.69 Å². The Morgan fingerprint density at radius 3 is 3.07 bits per heavy atom. The maximum atomic E-state index is 11.1. The number of hydrogen-bond donors (Lipinski definition) is 1. The van der Waals surface area contributed by atoms with Crippen LogP contribution in [0.4, 0.5) is 0 Å². The Hall–Kier alpha value is -0.900. The number of nitrogens with one attached hydrogen (secondary N) is 1. The van der Waals surface area contributed by atoms with Crippen LogP contribution in [0.5, 0.6) is 0 Å². The molecule has 1 aliphatic heterocycles. The molecule has 0 radical (unpaired) electrons. The van der Waals surface area contributed by atoms with E-state index < -0.39 is 0 Å². The number of nitrogens with zero attached hydrogens (tertiary/aromatic N) is 1. The zero-order chi connectivity index (χ0) is 10.6. The number of rotatable bonds is 3. The molecule has 0 aromatic heterocycles. The molecule has 1 aliphatic rings. The molecule has 2 atom stereocenters. The first-order chi connectivity index (χ1) is 6.63. The molecule has 1 N–H and O–H groups in total. The van der Waals surface area contributed by atoms with Crippen molar-refractivity contribution in [3.8, 4) is 0 Å². The average Bonchev–Trinajstić information content (AvgIpc) is 2.33. The average molecular weight is 198 g/mol. The fourth-order valence-electron chi connectivity index (χ4n) is 1.63. The topological polar surface area (TPSA) is 49.4 Å². The quantitative estimate of drug-likeness (QED) is 0.651. The van der Waals surface area contributed by atoms with Gasteiger partial charge < -0.3 is 10.1 Å². The van der Waals surface area contributed by atoms with E-state index in [-0.39, 0.29) is 11.8 Å². The summed E-state index contributed by atoms with van der Waals surface area (Å²) in [6, 6.07) is 0.323. The second kappa shape index (κ2) is 5.10. The third-order valence-electron chi connectivity index (χ3n) is 2.60. The third kappa shape index (κ3) is 3.10. The fourth-order valence-corrected chi connectivity index (χ4v) is 1.63. The number of carbonyl (C=O) groups excluding carboxylic acids is 2. The summed E-state index contributed by atoms with van der Waals surface area (Å²) in [7, 11) is 0. The molecular weight excluding hydrogens is 180 g/mol. The van der Waals surface area contributed by atoms with Crippen LogP contribution in [0.3, 0.4) is 0 Å². The monoisotopic (exact) mass is 198 g/mol. The van der Waals surface area contributed by atoms with E-state index in [0.717, 1.165) is 19.4 Å². The Balaban J connectivity index is 2.49. The second-order valence-corrected chi connectivity index (χ2v) is 4.01. The van der Waals surface area contributed by atoms with Crippen molar-refractivity contribution in [3.63, 3.8) is 0 Å². The second-order valence-electron chi connectivity index (χ2n) is 4.01. The summed E-state index contributed by atoms with van der Waals surface area (Å²) in [6.07, 6.45) is 1.50. The molecule has 0 aromatic carbocycles. The molecule has 4 nitrogen and oxygen atoms in total. The molecule has 4 heteroatoms. The molecule has 1 amide bonds. The van der Waals surface area contributed by atoms with E-state index in [9.17, 15) is 9.59 Å². The lowest BCUT2D eigenvalue weighted by atomic mass is 10.1. The summed E-state index contributed by atoms with van der Waals surface area (Å²) in [5.41, 5.74) is 0. The molecule has 0 saturated carbocycles. The first-order valence-corrected chi connectivity index (χ1v) is 5.09. The van der Waals surface area contributed by atoms with Gasteiger partial charge in [-0.25, -0.2) is 0 Å². The Morgan fingerprint density at radius 2 is 2.43 bits per heavy atom. The summed E-state index contributed by atoms with van der Waals surface area (Å²) in [6.45, 7) is 6.16. The summed E-state index contributed by atoms with van der Waals surface area (Å²) >= 11 is 0. The third-order valence-corrected chi connectivity index (χ3v) is 2.60. The highest BCUT2D eigenvalue weighted by Gasteiger charge is 2.21. The van der Waals surface area contributed by atoms with Crippen LogP contribution in [0.15, 0.2) is 0 Å². The standard InChI is InChI=1S/C10H18N2O2/c1-8(7-13)6-12-4-3-10(14)11-5-9(12)2/h7-9H,3-6H2,1-2H3,(H,11,14). The molecule has 1 fully saturated rings. The summed E-state index contributed by atoms with van der Waals surface area (Å²) < 4.78 is 0. The van der Waals surface area contributed by atoms with Crippen LogP contribution >= 0.6 is 0 Å². The van der Waals surface area contributed by atoms with Gasteiger partial charge in [-0.2, -0.15) is 0 Å². The van der Waals surface area contributed by atoms with Crippen molar-refractivity contribution in [2.24, 2.45) is 5.92 Å². The van der Waals surface area contributed by atoms with Crippen molar-refractivity contribution in [3.05, 3.63) is 0 Å². The molecular formula is C10H18N2O2. The Labute approximate surface area is 84.7 Å². The maximum Gasteiger partial charge on any atom is 0.221 e. The van der Waals surface area contributed by atoms with Crippen LogP contribution in [0, 0.1) is 5.92 Å². The molecule has 2 unspecified atom stereocenters. The zero-order valence-electron chi connectivity index (χ0n) is 8.82. The van der Waals surface area contributed by atoms with E-state index in [1.807, 2.05) is 6.92 Å². The Kier molecular flexibility index (Phi) is 4.07. The predicted molar refractivity (Wildman–Crippen MR) is 53.9 cm³/mol. The van der Waals surface area contributed by atoms with E-state index in [1.54, 1.807) is 0 Å². The largest absolute Gasteiger partial charge is 0.355 e. The smallest absolute Gasteiger partial charge is 0.221 e. The molecule has 1 saturated heterocycles. The molecule has 0 aromatic rings. The minimum atomic E-state index is 0.0469. The summed E-state index contributed by atoms with van der Waals surface area (Å²) in [5, 5.41) is 2.85. The van der Waals surface area contributed by atoms with E-state index in [2.05, 4.69) is 17.1 Å². The number of hydrogen-bond acceptors (Lipinski definition) is 3. The molecule has 0 spiro atoms. The lowest BCUT2D eigenvalue weighted by molar-refractivity contribution is -0.120. The molecule has 1 heterocycles.